The summed E-state index contributed by atoms with van der Waals surface area (Å²) in [4.78, 5) is 35.2. The number of piperidine rings is 1. The molecule has 0 bridgehead atoms. The van der Waals surface area contributed by atoms with Gasteiger partial charge in [-0.1, -0.05) is 12.1 Å². The molecule has 1 atom stereocenters. The van der Waals surface area contributed by atoms with Gasteiger partial charge in [0.15, 0.2) is 0 Å². The van der Waals surface area contributed by atoms with Crippen molar-refractivity contribution in [1.29, 1.82) is 0 Å². The van der Waals surface area contributed by atoms with Crippen molar-refractivity contribution in [2.75, 3.05) is 32.6 Å². The minimum absolute atomic E-state index is 0.118. The Morgan fingerprint density at radius 1 is 1.06 bits per heavy atom. The summed E-state index contributed by atoms with van der Waals surface area (Å²) < 4.78 is 5.30. The van der Waals surface area contributed by atoms with Gasteiger partial charge in [0.2, 0.25) is 5.95 Å². The molecule has 1 aliphatic heterocycles. The first-order valence-corrected chi connectivity index (χ1v) is 10.8. The number of ether oxygens (including phenoxy) is 1. The van der Waals surface area contributed by atoms with E-state index in [-0.39, 0.29) is 11.9 Å². The van der Waals surface area contributed by atoms with Gasteiger partial charge in [-0.2, -0.15) is 0 Å². The second-order valence-electron chi connectivity index (χ2n) is 8.14. The van der Waals surface area contributed by atoms with Crippen LogP contribution >= 0.6 is 0 Å². The maximum Gasteiger partial charge on any atom is 0.274 e. The molecule has 3 aromatic rings. The third-order valence-corrected chi connectivity index (χ3v) is 5.69. The van der Waals surface area contributed by atoms with Crippen LogP contribution in [0.1, 0.15) is 47.2 Å². The molecule has 0 N–H and O–H groups in total. The molecule has 0 saturated carbocycles. The molecule has 1 saturated heterocycles. The number of carbonyl (C=O) groups is 1. The van der Waals surface area contributed by atoms with E-state index in [1.807, 2.05) is 61.3 Å². The maximum atomic E-state index is 13.4. The molecular weight excluding hydrogens is 404 g/mol. The third kappa shape index (κ3) is 4.39. The van der Waals surface area contributed by atoms with Crippen molar-refractivity contribution in [3.8, 4) is 16.9 Å². The van der Waals surface area contributed by atoms with Crippen molar-refractivity contribution >= 4 is 11.9 Å². The van der Waals surface area contributed by atoms with Gasteiger partial charge in [-0.3, -0.25) is 9.78 Å². The quantitative estimate of drug-likeness (QED) is 0.608. The van der Waals surface area contributed by atoms with Crippen molar-refractivity contribution < 1.29 is 9.53 Å². The zero-order chi connectivity index (χ0) is 22.7. The molecule has 1 amide bonds. The van der Waals surface area contributed by atoms with Gasteiger partial charge in [0.25, 0.3) is 5.91 Å². The molecule has 1 aliphatic rings. The van der Waals surface area contributed by atoms with Crippen molar-refractivity contribution in [3.05, 3.63) is 59.9 Å². The standard InChI is InChI=1S/C24H28N6O2/c1-16-13-26-20(15-25-16)23(31)30-12-6-5-7-21(30)22-19(14-27-24(28-22)29(2)3)17-8-10-18(32-4)11-9-17/h8-11,13-15,21H,5-7,12H2,1-4H3/t21-/m0/s1. The van der Waals surface area contributed by atoms with E-state index in [1.54, 1.807) is 19.5 Å². The Kier molecular flexibility index (Phi) is 6.30. The van der Waals surface area contributed by atoms with Crippen molar-refractivity contribution in [2.24, 2.45) is 0 Å². The van der Waals surface area contributed by atoms with Gasteiger partial charge < -0.3 is 14.5 Å². The van der Waals surface area contributed by atoms with Crippen LogP contribution in [0.25, 0.3) is 11.1 Å². The number of likely N-dealkylation sites (tertiary alicyclic amines) is 1. The fourth-order valence-electron chi connectivity index (χ4n) is 3.96. The average Bonchev–Trinajstić information content (AvgIpc) is 2.83. The first-order chi connectivity index (χ1) is 15.5. The van der Waals surface area contributed by atoms with Crippen molar-refractivity contribution in [1.82, 2.24) is 24.8 Å². The van der Waals surface area contributed by atoms with Crippen LogP contribution in [0.2, 0.25) is 0 Å². The number of anilines is 1. The second-order valence-corrected chi connectivity index (χ2v) is 8.14. The Balaban J connectivity index is 1.78. The fraction of sp³-hybridized carbons (Fsp3) is 0.375. The predicted octanol–water partition coefficient (Wildman–Crippen LogP) is 3.68. The van der Waals surface area contributed by atoms with E-state index >= 15 is 0 Å². The smallest absolute Gasteiger partial charge is 0.274 e. The lowest BCUT2D eigenvalue weighted by Gasteiger charge is -2.36. The minimum Gasteiger partial charge on any atom is -0.497 e. The average molecular weight is 433 g/mol. The number of aromatic nitrogens is 4. The van der Waals surface area contributed by atoms with Crippen LogP contribution in [0.3, 0.4) is 0 Å². The molecule has 0 radical (unpaired) electrons. The number of aryl methyl sites for hydroxylation is 1. The molecule has 0 aliphatic carbocycles. The number of hydrogen-bond acceptors (Lipinski definition) is 7. The van der Waals surface area contributed by atoms with Gasteiger partial charge in [-0.05, 0) is 43.9 Å². The largest absolute Gasteiger partial charge is 0.497 e. The fourth-order valence-corrected chi connectivity index (χ4v) is 3.96. The minimum atomic E-state index is -0.168. The Morgan fingerprint density at radius 2 is 1.84 bits per heavy atom. The molecule has 8 nitrogen and oxygen atoms in total. The summed E-state index contributed by atoms with van der Waals surface area (Å²) in [7, 11) is 5.48. The topological polar surface area (TPSA) is 84.3 Å². The first kappa shape index (κ1) is 21.7. The molecule has 2 aromatic heterocycles. The zero-order valence-corrected chi connectivity index (χ0v) is 18.9. The summed E-state index contributed by atoms with van der Waals surface area (Å²) in [5, 5.41) is 0. The van der Waals surface area contributed by atoms with E-state index < -0.39 is 0 Å². The molecule has 3 heterocycles. The Hall–Kier alpha value is -3.55. The van der Waals surface area contributed by atoms with E-state index in [0.29, 0.717) is 18.2 Å². The monoisotopic (exact) mass is 432 g/mol. The van der Waals surface area contributed by atoms with Gasteiger partial charge in [0, 0.05) is 38.6 Å². The lowest BCUT2D eigenvalue weighted by Crippen LogP contribution is -2.39. The van der Waals surface area contributed by atoms with Crippen LogP contribution in [0.5, 0.6) is 5.75 Å². The van der Waals surface area contributed by atoms with Gasteiger partial charge in [0.05, 0.1) is 30.7 Å². The Labute approximate surface area is 188 Å². The van der Waals surface area contributed by atoms with Crippen LogP contribution in [0.4, 0.5) is 5.95 Å². The number of amides is 1. The summed E-state index contributed by atoms with van der Waals surface area (Å²) >= 11 is 0. The molecular formula is C24H28N6O2. The Bertz CT molecular complexity index is 1080. The van der Waals surface area contributed by atoms with Crippen LogP contribution in [0.15, 0.2) is 42.9 Å². The van der Waals surface area contributed by atoms with Gasteiger partial charge in [0.1, 0.15) is 11.4 Å². The van der Waals surface area contributed by atoms with E-state index in [4.69, 9.17) is 9.72 Å². The Morgan fingerprint density at radius 3 is 2.50 bits per heavy atom. The van der Waals surface area contributed by atoms with Crippen molar-refractivity contribution in [2.45, 2.75) is 32.2 Å². The lowest BCUT2D eigenvalue weighted by atomic mass is 9.93. The molecule has 4 rings (SSSR count). The second kappa shape index (κ2) is 9.30. The molecule has 0 spiro atoms. The lowest BCUT2D eigenvalue weighted by molar-refractivity contribution is 0.0600. The van der Waals surface area contributed by atoms with Gasteiger partial charge >= 0.3 is 0 Å². The number of carbonyl (C=O) groups excluding carboxylic acids is 1. The summed E-state index contributed by atoms with van der Waals surface area (Å²) in [6.07, 6.45) is 7.84. The third-order valence-electron chi connectivity index (χ3n) is 5.69. The zero-order valence-electron chi connectivity index (χ0n) is 18.9. The molecule has 1 fully saturated rings. The number of methoxy groups -OCH3 is 1. The van der Waals surface area contributed by atoms with Gasteiger partial charge in [-0.15, -0.1) is 0 Å². The van der Waals surface area contributed by atoms with Crippen LogP contribution in [0, 0.1) is 6.92 Å². The summed E-state index contributed by atoms with van der Waals surface area (Å²) in [6, 6.07) is 7.67. The molecule has 8 heteroatoms. The number of nitrogens with zero attached hydrogens (tertiary/aromatic N) is 6. The van der Waals surface area contributed by atoms with Gasteiger partial charge in [-0.25, -0.2) is 15.0 Å². The predicted molar refractivity (Wildman–Crippen MR) is 123 cm³/mol. The first-order valence-electron chi connectivity index (χ1n) is 10.8. The normalized spacial score (nSPS) is 16.0. The highest BCUT2D eigenvalue weighted by atomic mass is 16.5. The molecule has 32 heavy (non-hydrogen) atoms. The van der Waals surface area contributed by atoms with E-state index in [9.17, 15) is 4.79 Å². The van der Waals surface area contributed by atoms with Crippen LogP contribution < -0.4 is 9.64 Å². The maximum absolute atomic E-state index is 13.4. The summed E-state index contributed by atoms with van der Waals surface area (Å²) in [5.41, 5.74) is 3.89. The SMILES string of the molecule is COc1ccc(-c2cnc(N(C)C)nc2[C@@H]2CCCCN2C(=O)c2cnc(C)cn2)cc1. The highest BCUT2D eigenvalue weighted by Crippen LogP contribution is 2.37. The van der Waals surface area contributed by atoms with Crippen LogP contribution in [-0.4, -0.2) is 58.5 Å². The highest BCUT2D eigenvalue weighted by Gasteiger charge is 2.32. The van der Waals surface area contributed by atoms with Crippen molar-refractivity contribution in [3.63, 3.8) is 0 Å². The molecule has 166 valence electrons. The van der Waals surface area contributed by atoms with E-state index in [1.165, 1.54) is 0 Å². The van der Waals surface area contributed by atoms with E-state index in [2.05, 4.69) is 15.0 Å². The van der Waals surface area contributed by atoms with E-state index in [0.717, 1.165) is 47.5 Å². The summed E-state index contributed by atoms with van der Waals surface area (Å²) in [5.74, 6) is 1.28. The van der Waals surface area contributed by atoms with Crippen LogP contribution in [-0.2, 0) is 0 Å². The number of benzene rings is 1. The number of hydrogen-bond donors (Lipinski definition) is 0. The molecule has 1 aromatic carbocycles. The molecule has 0 unspecified atom stereocenters. The highest BCUT2D eigenvalue weighted by molar-refractivity contribution is 5.92. The number of rotatable bonds is 5. The summed E-state index contributed by atoms with van der Waals surface area (Å²) in [6.45, 7) is 2.51.